The first kappa shape index (κ1) is 23.4. The normalized spacial score (nSPS) is 11.2. The number of aromatic hydroxyl groups is 1. The number of nitrogens with one attached hydrogen (secondary N) is 2. The SMILES string of the molecule is COc1cc(/N=N/c2cccc(S(=O)(=O)O)c2)ccc1NC(=O)Nc1ccc(O)c(C=O)c1. The minimum absolute atomic E-state index is 0.0298. The van der Waals surface area contributed by atoms with Gasteiger partial charge in [-0.05, 0) is 48.5 Å². The summed E-state index contributed by atoms with van der Waals surface area (Å²) in [5, 5.41) is 22.6. The molecule has 11 nitrogen and oxygen atoms in total. The minimum Gasteiger partial charge on any atom is -0.507 e. The van der Waals surface area contributed by atoms with Crippen LogP contribution in [0.3, 0.4) is 0 Å². The quantitative estimate of drug-likeness (QED) is 0.170. The van der Waals surface area contributed by atoms with Crippen molar-refractivity contribution in [3.63, 3.8) is 0 Å². The zero-order valence-electron chi connectivity index (χ0n) is 17.1. The predicted octanol–water partition coefficient (Wildman–Crippen LogP) is 4.52. The van der Waals surface area contributed by atoms with Crippen LogP contribution in [0.4, 0.5) is 27.5 Å². The monoisotopic (exact) mass is 470 g/mol. The Labute approximate surface area is 188 Å². The summed E-state index contributed by atoms with van der Waals surface area (Å²) in [7, 11) is -2.97. The van der Waals surface area contributed by atoms with Crippen molar-refractivity contribution in [2.45, 2.75) is 4.90 Å². The predicted molar refractivity (Wildman–Crippen MR) is 120 cm³/mol. The van der Waals surface area contributed by atoms with Gasteiger partial charge in [0.05, 0.1) is 34.6 Å². The number of phenolic OH excluding ortho intramolecular Hbond substituents is 1. The minimum atomic E-state index is -4.36. The number of benzene rings is 3. The van der Waals surface area contributed by atoms with Crippen LogP contribution in [0.25, 0.3) is 0 Å². The molecule has 170 valence electrons. The number of rotatable bonds is 7. The lowest BCUT2D eigenvalue weighted by Gasteiger charge is -2.12. The van der Waals surface area contributed by atoms with Crippen molar-refractivity contribution in [3.05, 3.63) is 66.2 Å². The highest BCUT2D eigenvalue weighted by Crippen LogP contribution is 2.31. The summed E-state index contributed by atoms with van der Waals surface area (Å²) in [5.41, 5.74) is 1.20. The average molecular weight is 470 g/mol. The first-order valence-corrected chi connectivity index (χ1v) is 10.7. The van der Waals surface area contributed by atoms with Crippen LogP contribution in [-0.4, -0.2) is 37.5 Å². The van der Waals surface area contributed by atoms with Gasteiger partial charge < -0.3 is 20.5 Å². The standard InChI is InChI=1S/C21H18N4O7S/c1-32-20-11-16(25-24-15-3-2-4-17(10-15)33(29,30)31)5-7-18(20)23-21(28)22-14-6-8-19(27)13(9-14)12-26/h2-12,27H,1H3,(H2,22,23,28)(H,29,30,31)/b25-24+. The van der Waals surface area contributed by atoms with Crippen molar-refractivity contribution in [1.82, 2.24) is 0 Å². The van der Waals surface area contributed by atoms with Crippen LogP contribution >= 0.6 is 0 Å². The van der Waals surface area contributed by atoms with Crippen LogP contribution in [-0.2, 0) is 10.1 Å². The van der Waals surface area contributed by atoms with Gasteiger partial charge in [0.2, 0.25) is 0 Å². The fourth-order valence-electron chi connectivity index (χ4n) is 2.68. The van der Waals surface area contributed by atoms with Gasteiger partial charge in [0, 0.05) is 11.8 Å². The molecule has 3 rings (SSSR count). The molecular weight excluding hydrogens is 452 g/mol. The van der Waals surface area contributed by atoms with Gasteiger partial charge in [-0.1, -0.05) is 6.07 Å². The Morgan fingerprint density at radius 1 is 1.00 bits per heavy atom. The molecule has 2 amide bonds. The van der Waals surface area contributed by atoms with E-state index in [2.05, 4.69) is 20.9 Å². The number of hydrogen-bond donors (Lipinski definition) is 4. The van der Waals surface area contributed by atoms with Crippen LogP contribution in [0.1, 0.15) is 10.4 Å². The molecule has 0 aliphatic carbocycles. The maximum absolute atomic E-state index is 12.3. The number of nitrogens with zero attached hydrogens (tertiary/aromatic N) is 2. The van der Waals surface area contributed by atoms with E-state index in [0.29, 0.717) is 23.3 Å². The number of methoxy groups -OCH3 is 1. The average Bonchev–Trinajstić information content (AvgIpc) is 2.79. The molecule has 3 aromatic carbocycles. The summed E-state index contributed by atoms with van der Waals surface area (Å²) in [4.78, 5) is 22.9. The van der Waals surface area contributed by atoms with Gasteiger partial charge in [-0.2, -0.15) is 18.6 Å². The van der Waals surface area contributed by atoms with Gasteiger partial charge in [0.15, 0.2) is 6.29 Å². The van der Waals surface area contributed by atoms with E-state index in [9.17, 15) is 23.1 Å². The first-order chi connectivity index (χ1) is 15.7. The Morgan fingerprint density at radius 3 is 2.39 bits per heavy atom. The van der Waals surface area contributed by atoms with E-state index in [-0.39, 0.29) is 27.6 Å². The molecule has 0 bridgehead atoms. The zero-order chi connectivity index (χ0) is 24.0. The van der Waals surface area contributed by atoms with Gasteiger partial charge in [0.25, 0.3) is 10.1 Å². The highest BCUT2D eigenvalue weighted by atomic mass is 32.2. The molecule has 0 atom stereocenters. The van der Waals surface area contributed by atoms with Crippen molar-refractivity contribution in [2.75, 3.05) is 17.7 Å². The fraction of sp³-hybridized carbons (Fsp3) is 0.0476. The number of phenols is 1. The lowest BCUT2D eigenvalue weighted by atomic mass is 10.2. The Hall–Kier alpha value is -4.29. The van der Waals surface area contributed by atoms with Gasteiger partial charge in [-0.15, -0.1) is 0 Å². The molecule has 33 heavy (non-hydrogen) atoms. The number of carbonyl (C=O) groups excluding carboxylic acids is 2. The molecule has 0 spiro atoms. The third-order valence-electron chi connectivity index (χ3n) is 4.24. The molecule has 0 unspecified atom stereocenters. The summed E-state index contributed by atoms with van der Waals surface area (Å²) in [5.74, 6) is 0.0691. The number of aldehydes is 1. The van der Waals surface area contributed by atoms with E-state index in [1.807, 2.05) is 0 Å². The molecule has 0 fully saturated rings. The van der Waals surface area contributed by atoms with Crippen molar-refractivity contribution in [3.8, 4) is 11.5 Å². The molecule has 4 N–H and O–H groups in total. The molecule has 0 saturated heterocycles. The van der Waals surface area contributed by atoms with Gasteiger partial charge in [-0.25, -0.2) is 4.79 Å². The van der Waals surface area contributed by atoms with Crippen LogP contribution < -0.4 is 15.4 Å². The Kier molecular flexibility index (Phi) is 7.00. The number of azo groups is 1. The highest BCUT2D eigenvalue weighted by molar-refractivity contribution is 7.85. The zero-order valence-corrected chi connectivity index (χ0v) is 17.9. The summed E-state index contributed by atoms with van der Waals surface area (Å²) in [6.45, 7) is 0. The molecule has 12 heteroatoms. The van der Waals surface area contributed by atoms with Crippen molar-refractivity contribution in [1.29, 1.82) is 0 Å². The Morgan fingerprint density at radius 2 is 1.73 bits per heavy atom. The largest absolute Gasteiger partial charge is 0.507 e. The maximum Gasteiger partial charge on any atom is 0.323 e. The first-order valence-electron chi connectivity index (χ1n) is 9.23. The van der Waals surface area contributed by atoms with Crippen molar-refractivity contribution < 1.29 is 32.4 Å². The van der Waals surface area contributed by atoms with Gasteiger partial charge >= 0.3 is 6.03 Å². The van der Waals surface area contributed by atoms with Crippen LogP contribution in [0.5, 0.6) is 11.5 Å². The highest BCUT2D eigenvalue weighted by Gasteiger charge is 2.11. The van der Waals surface area contributed by atoms with E-state index in [4.69, 9.17) is 9.29 Å². The van der Waals surface area contributed by atoms with E-state index in [0.717, 1.165) is 6.07 Å². The second-order valence-corrected chi connectivity index (χ2v) is 7.95. The number of urea groups is 1. The summed E-state index contributed by atoms with van der Waals surface area (Å²) >= 11 is 0. The maximum atomic E-state index is 12.3. The summed E-state index contributed by atoms with van der Waals surface area (Å²) < 4.78 is 36.9. The molecule has 0 aliphatic heterocycles. The van der Waals surface area contributed by atoms with Gasteiger partial charge in [-0.3, -0.25) is 9.35 Å². The third-order valence-corrected chi connectivity index (χ3v) is 5.09. The van der Waals surface area contributed by atoms with E-state index in [1.165, 1.54) is 55.6 Å². The Balaban J connectivity index is 1.74. The molecular formula is C21H18N4O7S. The number of hydrogen-bond acceptors (Lipinski definition) is 8. The molecule has 3 aromatic rings. The van der Waals surface area contributed by atoms with Gasteiger partial charge in [0.1, 0.15) is 11.5 Å². The van der Waals surface area contributed by atoms with Crippen LogP contribution in [0, 0.1) is 0 Å². The molecule has 0 aromatic heterocycles. The van der Waals surface area contributed by atoms with E-state index >= 15 is 0 Å². The number of carbonyl (C=O) groups is 2. The number of ether oxygens (including phenoxy) is 1. The smallest absolute Gasteiger partial charge is 0.323 e. The second-order valence-electron chi connectivity index (χ2n) is 6.53. The van der Waals surface area contributed by atoms with Crippen molar-refractivity contribution in [2.24, 2.45) is 10.2 Å². The van der Waals surface area contributed by atoms with E-state index < -0.39 is 16.1 Å². The summed E-state index contributed by atoms with van der Waals surface area (Å²) in [6.07, 6.45) is 0.466. The molecule has 0 heterocycles. The van der Waals surface area contributed by atoms with E-state index in [1.54, 1.807) is 6.07 Å². The summed E-state index contributed by atoms with van der Waals surface area (Å²) in [6, 6.07) is 13.3. The molecule has 0 saturated carbocycles. The van der Waals surface area contributed by atoms with Crippen LogP contribution in [0.15, 0.2) is 75.8 Å². The second kappa shape index (κ2) is 9.89. The lowest BCUT2D eigenvalue weighted by molar-refractivity contribution is 0.112. The number of amides is 2. The topological polar surface area (TPSA) is 167 Å². The van der Waals surface area contributed by atoms with Crippen LogP contribution in [0.2, 0.25) is 0 Å². The fourth-order valence-corrected chi connectivity index (χ4v) is 3.20. The lowest BCUT2D eigenvalue weighted by Crippen LogP contribution is -2.19. The number of anilines is 2. The molecule has 0 aliphatic rings. The third kappa shape index (κ3) is 6.12. The van der Waals surface area contributed by atoms with Crippen molar-refractivity contribution >= 4 is 45.2 Å². The molecule has 0 radical (unpaired) electrons. The Bertz CT molecular complexity index is 1340.